The first-order valence-corrected chi connectivity index (χ1v) is 8.33. The van der Waals surface area contributed by atoms with E-state index in [0.29, 0.717) is 24.5 Å². The number of benzene rings is 1. The standard InChI is InChI=1S/C14H19N3O3S/c1-3-9-20-12-7-5-11(6-8-12)17-21(18,19)14-10-15-13(4-2)16-14/h5-8,10,17H,3-4,9H2,1-2H3,(H,15,16). The number of hydrogen-bond donors (Lipinski definition) is 2. The Morgan fingerprint density at radius 3 is 2.52 bits per heavy atom. The molecule has 0 unspecified atom stereocenters. The number of imidazole rings is 1. The monoisotopic (exact) mass is 309 g/mol. The van der Waals surface area contributed by atoms with E-state index < -0.39 is 10.0 Å². The number of aromatic amines is 1. The molecule has 0 amide bonds. The summed E-state index contributed by atoms with van der Waals surface area (Å²) < 4.78 is 32.3. The molecule has 2 aromatic rings. The Labute approximate surface area is 124 Å². The van der Waals surface area contributed by atoms with E-state index in [1.807, 2.05) is 13.8 Å². The van der Waals surface area contributed by atoms with Crippen LogP contribution < -0.4 is 9.46 Å². The number of aromatic nitrogens is 2. The molecule has 0 saturated carbocycles. The molecule has 2 N–H and O–H groups in total. The molecule has 0 aliphatic carbocycles. The Hall–Kier alpha value is -2.02. The molecular weight excluding hydrogens is 290 g/mol. The van der Waals surface area contributed by atoms with Crippen LogP contribution >= 0.6 is 0 Å². The third kappa shape index (κ3) is 3.98. The second kappa shape index (κ2) is 6.62. The molecule has 0 spiro atoms. The molecule has 1 aromatic carbocycles. The first-order chi connectivity index (χ1) is 10.0. The summed E-state index contributed by atoms with van der Waals surface area (Å²) in [6.07, 6.45) is 2.90. The van der Waals surface area contributed by atoms with Gasteiger partial charge in [-0.1, -0.05) is 13.8 Å². The lowest BCUT2D eigenvalue weighted by molar-refractivity contribution is 0.317. The molecule has 7 heteroatoms. The number of sulfonamides is 1. The van der Waals surface area contributed by atoms with E-state index in [-0.39, 0.29) is 5.03 Å². The highest BCUT2D eigenvalue weighted by atomic mass is 32.2. The summed E-state index contributed by atoms with van der Waals surface area (Å²) in [5, 5.41) is 0.0608. The summed E-state index contributed by atoms with van der Waals surface area (Å²) in [7, 11) is -3.64. The van der Waals surface area contributed by atoms with Gasteiger partial charge >= 0.3 is 0 Å². The van der Waals surface area contributed by atoms with Crippen molar-refractivity contribution in [1.29, 1.82) is 0 Å². The van der Waals surface area contributed by atoms with Crippen LogP contribution in [0.5, 0.6) is 5.75 Å². The Morgan fingerprint density at radius 2 is 1.95 bits per heavy atom. The lowest BCUT2D eigenvalue weighted by Gasteiger charge is -2.08. The van der Waals surface area contributed by atoms with Gasteiger partial charge in [0.2, 0.25) is 0 Å². The molecule has 0 aliphatic heterocycles. The van der Waals surface area contributed by atoms with Crippen LogP contribution in [-0.4, -0.2) is 25.0 Å². The Bertz CT molecular complexity index is 678. The Balaban J connectivity index is 2.09. The summed E-state index contributed by atoms with van der Waals surface area (Å²) in [4.78, 5) is 6.77. The van der Waals surface area contributed by atoms with Crippen LogP contribution in [0, 0.1) is 0 Å². The van der Waals surface area contributed by atoms with Gasteiger partial charge in [-0.25, -0.2) is 4.98 Å². The van der Waals surface area contributed by atoms with Gasteiger partial charge in [-0.05, 0) is 30.7 Å². The van der Waals surface area contributed by atoms with Crippen molar-refractivity contribution in [3.05, 3.63) is 36.3 Å². The quantitative estimate of drug-likeness (QED) is 0.823. The fourth-order valence-electron chi connectivity index (χ4n) is 1.71. The van der Waals surface area contributed by atoms with Crippen LogP contribution in [-0.2, 0) is 16.4 Å². The molecule has 1 heterocycles. The van der Waals surface area contributed by atoms with Gasteiger partial charge in [0, 0.05) is 12.1 Å². The number of ether oxygens (including phenoxy) is 1. The largest absolute Gasteiger partial charge is 0.494 e. The van der Waals surface area contributed by atoms with Crippen molar-refractivity contribution in [2.45, 2.75) is 31.7 Å². The van der Waals surface area contributed by atoms with Crippen LogP contribution in [0.2, 0.25) is 0 Å². The third-order valence-electron chi connectivity index (χ3n) is 2.81. The SMILES string of the molecule is CCCOc1ccc(NS(=O)(=O)c2cnc(CC)[nH]2)cc1. The summed E-state index contributed by atoms with van der Waals surface area (Å²) in [6.45, 7) is 4.56. The minimum absolute atomic E-state index is 0.0608. The topological polar surface area (TPSA) is 84.1 Å². The normalized spacial score (nSPS) is 11.3. The van der Waals surface area contributed by atoms with Crippen LogP contribution in [0.1, 0.15) is 26.1 Å². The lowest BCUT2D eigenvalue weighted by atomic mass is 10.3. The summed E-state index contributed by atoms with van der Waals surface area (Å²) in [5.41, 5.74) is 0.478. The lowest BCUT2D eigenvalue weighted by Crippen LogP contribution is -2.13. The average molecular weight is 309 g/mol. The predicted molar refractivity (Wildman–Crippen MR) is 81.0 cm³/mol. The maximum atomic E-state index is 12.2. The van der Waals surface area contributed by atoms with E-state index in [4.69, 9.17) is 4.74 Å². The van der Waals surface area contributed by atoms with Crippen molar-refractivity contribution in [3.8, 4) is 5.75 Å². The van der Waals surface area contributed by atoms with Crippen molar-refractivity contribution in [3.63, 3.8) is 0 Å². The van der Waals surface area contributed by atoms with Gasteiger partial charge in [0.1, 0.15) is 11.6 Å². The zero-order valence-corrected chi connectivity index (χ0v) is 12.9. The van der Waals surface area contributed by atoms with E-state index in [1.54, 1.807) is 24.3 Å². The van der Waals surface area contributed by atoms with E-state index in [0.717, 1.165) is 12.2 Å². The molecular formula is C14H19N3O3S. The molecule has 0 fully saturated rings. The summed E-state index contributed by atoms with van der Waals surface area (Å²) >= 11 is 0. The second-order valence-corrected chi connectivity index (χ2v) is 6.18. The maximum absolute atomic E-state index is 12.2. The molecule has 21 heavy (non-hydrogen) atoms. The van der Waals surface area contributed by atoms with E-state index in [9.17, 15) is 8.42 Å². The minimum Gasteiger partial charge on any atom is -0.494 e. The third-order valence-corrected chi connectivity index (χ3v) is 4.10. The number of nitrogens with one attached hydrogen (secondary N) is 2. The van der Waals surface area contributed by atoms with Crippen LogP contribution in [0.25, 0.3) is 0 Å². The van der Waals surface area contributed by atoms with Crippen LogP contribution in [0.15, 0.2) is 35.5 Å². The number of hydrogen-bond acceptors (Lipinski definition) is 4. The average Bonchev–Trinajstić information content (AvgIpc) is 2.96. The molecule has 0 saturated heterocycles. The zero-order chi connectivity index (χ0) is 15.3. The molecule has 0 atom stereocenters. The van der Waals surface area contributed by atoms with Crippen molar-refractivity contribution in [2.75, 3.05) is 11.3 Å². The number of H-pyrrole nitrogens is 1. The predicted octanol–water partition coefficient (Wildman–Crippen LogP) is 2.56. The Morgan fingerprint density at radius 1 is 1.24 bits per heavy atom. The molecule has 1 aromatic heterocycles. The van der Waals surface area contributed by atoms with E-state index >= 15 is 0 Å². The summed E-state index contributed by atoms with van der Waals surface area (Å²) in [6, 6.07) is 6.80. The summed E-state index contributed by atoms with van der Waals surface area (Å²) in [5.74, 6) is 1.35. The van der Waals surface area contributed by atoms with Gasteiger partial charge in [0.25, 0.3) is 10.0 Å². The molecule has 6 nitrogen and oxygen atoms in total. The molecule has 2 rings (SSSR count). The highest BCUT2D eigenvalue weighted by Crippen LogP contribution is 2.19. The van der Waals surface area contributed by atoms with Crippen molar-refractivity contribution >= 4 is 15.7 Å². The number of anilines is 1. The molecule has 114 valence electrons. The van der Waals surface area contributed by atoms with Gasteiger partial charge < -0.3 is 9.72 Å². The van der Waals surface area contributed by atoms with Crippen molar-refractivity contribution in [2.24, 2.45) is 0 Å². The fraction of sp³-hybridized carbons (Fsp3) is 0.357. The molecule has 0 bridgehead atoms. The first kappa shape index (κ1) is 15.4. The highest BCUT2D eigenvalue weighted by Gasteiger charge is 2.17. The zero-order valence-electron chi connectivity index (χ0n) is 12.1. The number of aryl methyl sites for hydroxylation is 1. The number of nitrogens with zero attached hydrogens (tertiary/aromatic N) is 1. The smallest absolute Gasteiger partial charge is 0.278 e. The Kier molecular flexibility index (Phi) is 4.85. The van der Waals surface area contributed by atoms with Crippen molar-refractivity contribution < 1.29 is 13.2 Å². The van der Waals surface area contributed by atoms with Gasteiger partial charge in [0.15, 0.2) is 5.03 Å². The van der Waals surface area contributed by atoms with Gasteiger partial charge in [-0.3, -0.25) is 4.72 Å². The van der Waals surface area contributed by atoms with Crippen molar-refractivity contribution in [1.82, 2.24) is 9.97 Å². The first-order valence-electron chi connectivity index (χ1n) is 6.84. The van der Waals surface area contributed by atoms with Gasteiger partial charge in [0.05, 0.1) is 12.8 Å². The second-order valence-electron chi connectivity index (χ2n) is 4.53. The van der Waals surface area contributed by atoms with Gasteiger partial charge in [-0.15, -0.1) is 0 Å². The van der Waals surface area contributed by atoms with Gasteiger partial charge in [-0.2, -0.15) is 8.42 Å². The van der Waals surface area contributed by atoms with E-state index in [1.165, 1.54) is 6.20 Å². The van der Waals surface area contributed by atoms with E-state index in [2.05, 4.69) is 14.7 Å². The fourth-order valence-corrected chi connectivity index (χ4v) is 2.71. The molecule has 0 aliphatic rings. The van der Waals surface area contributed by atoms with Crippen LogP contribution in [0.4, 0.5) is 5.69 Å². The number of rotatable bonds is 7. The molecule has 0 radical (unpaired) electrons. The maximum Gasteiger partial charge on any atom is 0.278 e. The van der Waals surface area contributed by atoms with Crippen LogP contribution in [0.3, 0.4) is 0 Å². The highest BCUT2D eigenvalue weighted by molar-refractivity contribution is 7.92. The minimum atomic E-state index is -3.64.